The Bertz CT molecular complexity index is 3510. The van der Waals surface area contributed by atoms with E-state index in [1.54, 1.807) is 47.5 Å². The smallest absolute Gasteiger partial charge is 0.254 e. The van der Waals surface area contributed by atoms with E-state index < -0.39 is 10.8 Å². The maximum atomic E-state index is 14.5. The second-order valence-electron chi connectivity index (χ2n) is 28.2. The molecule has 496 valence electrons. The third-order valence-electron chi connectivity index (χ3n) is 19.8. The van der Waals surface area contributed by atoms with Crippen LogP contribution in [-0.2, 0) is 63.3 Å². The molecule has 0 spiro atoms. The molecule has 0 unspecified atom stereocenters. The van der Waals surface area contributed by atoms with E-state index in [0.717, 1.165) is 115 Å². The number of carbonyl (C=O) groups is 2. The number of rotatable bonds is 20. The molecule has 0 radical (unpaired) electrons. The van der Waals surface area contributed by atoms with Crippen LogP contribution in [0.4, 0.5) is 20.2 Å². The predicted molar refractivity (Wildman–Crippen MR) is 357 cm³/mol. The van der Waals surface area contributed by atoms with Gasteiger partial charge >= 0.3 is 0 Å². The Kier molecular flexibility index (Phi) is 19.9. The Labute approximate surface area is 545 Å². The highest BCUT2D eigenvalue weighted by molar-refractivity contribution is 5.98. The number of hydrogen-bond acceptors (Lipinski definition) is 14. The number of amides is 2. The molecule has 0 saturated carbocycles. The highest BCUT2D eigenvalue weighted by Gasteiger charge is 2.44. The van der Waals surface area contributed by atoms with Gasteiger partial charge in [-0.2, -0.15) is 0 Å². The van der Waals surface area contributed by atoms with Gasteiger partial charge in [-0.05, 0) is 103 Å². The Morgan fingerprint density at radius 3 is 1.29 bits per heavy atom. The number of nitrogens with one attached hydrogen (secondary N) is 2. The Morgan fingerprint density at radius 1 is 0.538 bits per heavy atom. The van der Waals surface area contributed by atoms with Crippen molar-refractivity contribution in [1.29, 1.82) is 0 Å². The quantitative estimate of drug-likeness (QED) is 0.0882. The predicted octanol–water partition coefficient (Wildman–Crippen LogP) is 6.27. The number of carbonyl (C=O) groups excluding carboxylic acids is 2. The van der Waals surface area contributed by atoms with Crippen molar-refractivity contribution in [3.05, 3.63) is 186 Å². The molecule has 12 rings (SSSR count). The topological polar surface area (TPSA) is 159 Å². The molecule has 6 aromatic rings. The molecule has 93 heavy (non-hydrogen) atoms. The first-order valence-electron chi connectivity index (χ1n) is 33.2. The number of anilines is 2. The van der Waals surface area contributed by atoms with E-state index in [1.807, 2.05) is 46.2 Å². The third-order valence-corrected chi connectivity index (χ3v) is 19.8. The van der Waals surface area contributed by atoms with Crippen molar-refractivity contribution in [1.82, 2.24) is 39.4 Å². The molecular formula is C73H92F2N10O8. The number of aromatic nitrogens is 2. The fourth-order valence-corrected chi connectivity index (χ4v) is 15.1. The number of pyridine rings is 2. The number of fused-ring (bicyclic) bond motifs is 2. The monoisotopic (exact) mass is 1270 g/mol. The number of halogens is 2. The minimum Gasteiger partial charge on any atom is -0.491 e. The van der Waals surface area contributed by atoms with Crippen LogP contribution in [-0.4, -0.2) is 195 Å². The van der Waals surface area contributed by atoms with E-state index in [9.17, 15) is 28.0 Å². The van der Waals surface area contributed by atoms with Crippen LogP contribution >= 0.6 is 0 Å². The van der Waals surface area contributed by atoms with Crippen molar-refractivity contribution in [2.24, 2.45) is 14.1 Å². The summed E-state index contributed by atoms with van der Waals surface area (Å²) >= 11 is 0. The van der Waals surface area contributed by atoms with Crippen LogP contribution in [0.2, 0.25) is 0 Å². The number of benzene rings is 4. The lowest BCUT2D eigenvalue weighted by Gasteiger charge is -2.43. The van der Waals surface area contributed by atoms with Crippen LogP contribution in [0, 0.1) is 11.6 Å². The van der Waals surface area contributed by atoms with Gasteiger partial charge in [0.1, 0.15) is 48.6 Å². The van der Waals surface area contributed by atoms with Crippen molar-refractivity contribution in [3.63, 3.8) is 0 Å². The van der Waals surface area contributed by atoms with Gasteiger partial charge in [-0.1, -0.05) is 76.2 Å². The lowest BCUT2D eigenvalue weighted by molar-refractivity contribution is -0.121. The van der Waals surface area contributed by atoms with Gasteiger partial charge in [-0.15, -0.1) is 0 Å². The zero-order valence-electron chi connectivity index (χ0n) is 55.3. The number of morpholine rings is 2. The van der Waals surface area contributed by atoms with Crippen molar-refractivity contribution in [3.8, 4) is 11.5 Å². The van der Waals surface area contributed by atoms with Crippen molar-refractivity contribution >= 4 is 23.2 Å². The van der Waals surface area contributed by atoms with Gasteiger partial charge in [0.25, 0.3) is 11.1 Å². The van der Waals surface area contributed by atoms with Crippen LogP contribution in [0.15, 0.2) is 119 Å². The number of nitrogens with zero attached hydrogens (tertiary/aromatic N) is 8. The summed E-state index contributed by atoms with van der Waals surface area (Å²) in [7, 11) is 3.58. The summed E-state index contributed by atoms with van der Waals surface area (Å²) in [6, 6.07) is 33.4. The van der Waals surface area contributed by atoms with E-state index in [1.165, 1.54) is 24.3 Å². The molecule has 0 bridgehead atoms. The molecular weight excluding hydrogens is 1180 g/mol. The SMILES string of the molecule is C[C@@H]1CN(CC(=O)N2CC(C)(C)c3c2cc(Cc2ccc(F)cc2)c(=O)n3C)[C@@H](CN2CCO[C@H](COc3ccc(Cc4ccc(OC[C@@H]5CN(C[C@H]6CN[C@H](C)CN6CC(=O)N6CC(C)(C)c7c6cc(Cc6ccc(F)cc6)c(=O)n7C)CCO5)cc4)cc3)C2)CN1. The molecule has 2 aromatic heterocycles. The molecule has 2 amide bonds. The fourth-order valence-electron chi connectivity index (χ4n) is 15.1. The van der Waals surface area contributed by atoms with Crippen LogP contribution in [0.25, 0.3) is 0 Å². The van der Waals surface area contributed by atoms with Crippen molar-refractivity contribution in [2.45, 2.75) is 108 Å². The molecule has 2 N–H and O–H groups in total. The normalized spacial score (nSPS) is 23.4. The van der Waals surface area contributed by atoms with Crippen LogP contribution < -0.4 is 41.0 Å². The van der Waals surface area contributed by atoms with Crippen molar-refractivity contribution in [2.75, 3.05) is 128 Å². The third kappa shape index (κ3) is 15.3. The molecule has 4 fully saturated rings. The summed E-state index contributed by atoms with van der Waals surface area (Å²) in [5.74, 6) is 0.942. The second kappa shape index (κ2) is 28.1. The average Bonchev–Trinajstić information content (AvgIpc) is 1.63. The first-order valence-corrected chi connectivity index (χ1v) is 33.2. The minimum absolute atomic E-state index is 0.0103. The summed E-state index contributed by atoms with van der Waals surface area (Å²) in [5, 5.41) is 7.31. The van der Waals surface area contributed by atoms with Crippen LogP contribution in [0.1, 0.15) is 86.3 Å². The minimum atomic E-state index is -0.425. The van der Waals surface area contributed by atoms with E-state index in [4.69, 9.17) is 18.9 Å². The summed E-state index contributed by atoms with van der Waals surface area (Å²) in [6.45, 7) is 23.7. The van der Waals surface area contributed by atoms with Gasteiger partial charge in [-0.25, -0.2) is 8.78 Å². The summed E-state index contributed by atoms with van der Waals surface area (Å²) in [5.41, 5.74) is 7.33. The van der Waals surface area contributed by atoms with Gasteiger partial charge in [0, 0.05) is 152 Å². The van der Waals surface area contributed by atoms with E-state index in [0.29, 0.717) is 76.6 Å². The molecule has 4 saturated heterocycles. The summed E-state index contributed by atoms with van der Waals surface area (Å²) in [4.78, 5) is 69.6. The van der Waals surface area contributed by atoms with E-state index in [2.05, 4.69) is 96.0 Å². The highest BCUT2D eigenvalue weighted by atomic mass is 19.1. The van der Waals surface area contributed by atoms with Gasteiger partial charge in [-0.3, -0.25) is 38.8 Å². The van der Waals surface area contributed by atoms with Crippen molar-refractivity contribution < 1.29 is 37.3 Å². The average molecular weight is 1280 g/mol. The molecule has 20 heteroatoms. The molecule has 6 aliphatic rings. The number of hydrogen-bond donors (Lipinski definition) is 2. The molecule has 8 heterocycles. The summed E-state index contributed by atoms with van der Waals surface area (Å²) in [6.07, 6.45) is 1.22. The molecule has 6 aliphatic heterocycles. The summed E-state index contributed by atoms with van der Waals surface area (Å²) < 4.78 is 56.0. The zero-order chi connectivity index (χ0) is 65.3. The largest absolute Gasteiger partial charge is 0.491 e. The van der Waals surface area contributed by atoms with Gasteiger partial charge in [0.05, 0.1) is 49.1 Å². The zero-order valence-corrected chi connectivity index (χ0v) is 55.3. The lowest BCUT2D eigenvalue weighted by atomic mass is 9.90. The Morgan fingerprint density at radius 2 is 0.903 bits per heavy atom. The first-order chi connectivity index (χ1) is 44.6. The van der Waals surface area contributed by atoms with Crippen LogP contribution in [0.5, 0.6) is 11.5 Å². The standard InChI is InChI=1S/C73H92F2N10O8/c1-48-36-82(42-66(86)84-46-72(3,4)68-64(84)32-54(70(88)78(68)7)30-52-9-17-56(74)18-10-52)58(34-76-48)38-80-25-27-90-62(40-80)44-92-60-21-13-50(14-22-60)29-51-15-23-61(24-16-51)93-45-63-41-81(26-28-91-63)39-59-35-77-49(2)37-83(59)43-67(87)85-47-73(5,6)69-65(85)33-55(71(89)79(69)8)31-53-11-19-57(75)20-12-53/h9-24,32-33,48-49,58-59,62-63,76-77H,25-31,34-47H2,1-8H3/t48-,49-,58-,59-,62+,63+/m1/s1. The maximum Gasteiger partial charge on any atom is 0.254 e. The number of ether oxygens (including phenoxy) is 4. The van der Waals surface area contributed by atoms with Gasteiger partial charge < -0.3 is 48.5 Å². The van der Waals surface area contributed by atoms with E-state index >= 15 is 0 Å². The van der Waals surface area contributed by atoms with Crippen LogP contribution in [0.3, 0.4) is 0 Å². The van der Waals surface area contributed by atoms with Gasteiger partial charge in [0.2, 0.25) is 11.8 Å². The Hall–Kier alpha value is -7.14. The fraction of sp³-hybridized carbons (Fsp3) is 0.507. The Balaban J connectivity index is 0.587. The number of piperazine rings is 2. The lowest BCUT2D eigenvalue weighted by Crippen LogP contribution is -2.61. The second-order valence-corrected chi connectivity index (χ2v) is 28.2. The molecule has 0 aliphatic carbocycles. The maximum absolute atomic E-state index is 14.5. The molecule has 4 aromatic carbocycles. The first kappa shape index (κ1) is 65.9. The van der Waals surface area contributed by atoms with Gasteiger partial charge in [0.15, 0.2) is 0 Å². The molecule has 18 nitrogen and oxygen atoms in total. The highest BCUT2D eigenvalue weighted by Crippen LogP contribution is 2.42. The van der Waals surface area contributed by atoms with E-state index in [-0.39, 0.29) is 84.0 Å². The molecule has 6 atom stereocenters.